The molecule has 0 N–H and O–H groups in total. The summed E-state index contributed by atoms with van der Waals surface area (Å²) >= 11 is 0. The van der Waals surface area contributed by atoms with Crippen LogP contribution in [0.5, 0.6) is 0 Å². The molecule has 1 aromatic heterocycles. The van der Waals surface area contributed by atoms with E-state index in [1.807, 2.05) is 6.26 Å². The molecule has 1 heterocycles. The zero-order chi connectivity index (χ0) is 15.6. The number of hydrogen-bond donors (Lipinski definition) is 0. The Morgan fingerprint density at radius 1 is 0.864 bits per heavy atom. The molecule has 0 saturated carbocycles. The van der Waals surface area contributed by atoms with Gasteiger partial charge in [-0.15, -0.1) is 0 Å². The molecule has 0 fully saturated rings. The summed E-state index contributed by atoms with van der Waals surface area (Å²) in [5.74, 6) is 0.745. The number of aryl methyl sites for hydroxylation is 2. The predicted molar refractivity (Wildman–Crippen MR) is 93.0 cm³/mol. The van der Waals surface area contributed by atoms with Gasteiger partial charge in [0.05, 0.1) is 5.69 Å². The van der Waals surface area contributed by atoms with Crippen molar-refractivity contribution in [2.45, 2.75) is 71.6 Å². The highest BCUT2D eigenvalue weighted by Gasteiger charge is 2.06. The van der Waals surface area contributed by atoms with Gasteiger partial charge < -0.3 is 4.42 Å². The monoisotopic (exact) mass is 299 g/mol. The number of rotatable bonds is 10. The van der Waals surface area contributed by atoms with Gasteiger partial charge in [-0.1, -0.05) is 69.6 Å². The summed E-state index contributed by atoms with van der Waals surface area (Å²) in [5.41, 5.74) is 3.41. The molecule has 0 amide bonds. The molecule has 2 heteroatoms. The fourth-order valence-electron chi connectivity index (χ4n) is 2.69. The number of unbranched alkanes of at least 4 members (excludes halogenated alkanes) is 7. The second kappa shape index (κ2) is 9.45. The summed E-state index contributed by atoms with van der Waals surface area (Å²) in [6.07, 6.45) is 13.6. The molecule has 2 aromatic rings. The van der Waals surface area contributed by atoms with E-state index in [-0.39, 0.29) is 0 Å². The second-order valence-corrected chi connectivity index (χ2v) is 6.23. The Labute approximate surface area is 135 Å². The molecule has 0 radical (unpaired) electrons. The number of nitrogens with zero attached hydrogens (tertiary/aromatic N) is 1. The van der Waals surface area contributed by atoms with Crippen LogP contribution in [-0.4, -0.2) is 4.98 Å². The van der Waals surface area contributed by atoms with E-state index in [2.05, 4.69) is 43.1 Å². The van der Waals surface area contributed by atoms with Crippen molar-refractivity contribution in [2.24, 2.45) is 0 Å². The standard InChI is InChI=1S/C20H29NO/c1-3-4-5-6-7-8-9-10-11-19-16-22-20(21-19)18-14-12-17(2)13-15-18/h12-16H,3-11H2,1-2H3. The van der Waals surface area contributed by atoms with Crippen LogP contribution in [0.1, 0.15) is 69.5 Å². The molecule has 22 heavy (non-hydrogen) atoms. The largest absolute Gasteiger partial charge is 0.444 e. The number of hydrogen-bond acceptors (Lipinski definition) is 2. The van der Waals surface area contributed by atoms with E-state index in [4.69, 9.17) is 4.42 Å². The van der Waals surface area contributed by atoms with Gasteiger partial charge >= 0.3 is 0 Å². The van der Waals surface area contributed by atoms with Gasteiger partial charge in [0.25, 0.3) is 0 Å². The van der Waals surface area contributed by atoms with Crippen molar-refractivity contribution in [3.05, 3.63) is 41.8 Å². The molecule has 0 bridgehead atoms. The van der Waals surface area contributed by atoms with E-state index in [1.165, 1.54) is 56.9 Å². The van der Waals surface area contributed by atoms with Crippen molar-refractivity contribution in [3.8, 4) is 11.5 Å². The van der Waals surface area contributed by atoms with E-state index in [1.54, 1.807) is 0 Å². The van der Waals surface area contributed by atoms with Crippen LogP contribution in [0, 0.1) is 6.92 Å². The van der Waals surface area contributed by atoms with Crippen LogP contribution in [0.4, 0.5) is 0 Å². The Morgan fingerprint density at radius 3 is 2.18 bits per heavy atom. The van der Waals surface area contributed by atoms with Gasteiger partial charge in [0, 0.05) is 5.56 Å². The van der Waals surface area contributed by atoms with E-state index in [0.717, 1.165) is 23.6 Å². The van der Waals surface area contributed by atoms with Crippen molar-refractivity contribution in [1.29, 1.82) is 0 Å². The van der Waals surface area contributed by atoms with Crippen molar-refractivity contribution in [2.75, 3.05) is 0 Å². The fraction of sp³-hybridized carbons (Fsp3) is 0.550. The average molecular weight is 299 g/mol. The highest BCUT2D eigenvalue weighted by molar-refractivity contribution is 5.53. The lowest BCUT2D eigenvalue weighted by molar-refractivity contribution is 0.565. The van der Waals surface area contributed by atoms with Crippen LogP contribution in [0.2, 0.25) is 0 Å². The minimum Gasteiger partial charge on any atom is -0.444 e. The van der Waals surface area contributed by atoms with E-state index >= 15 is 0 Å². The fourth-order valence-corrected chi connectivity index (χ4v) is 2.69. The molecule has 0 aliphatic rings. The third-order valence-electron chi connectivity index (χ3n) is 4.14. The third-order valence-corrected chi connectivity index (χ3v) is 4.14. The van der Waals surface area contributed by atoms with Crippen molar-refractivity contribution >= 4 is 0 Å². The Hall–Kier alpha value is -1.57. The Bertz CT molecular complexity index is 527. The summed E-state index contributed by atoms with van der Waals surface area (Å²) in [6.45, 7) is 4.36. The lowest BCUT2D eigenvalue weighted by atomic mass is 10.1. The summed E-state index contributed by atoms with van der Waals surface area (Å²) in [4.78, 5) is 4.60. The quantitative estimate of drug-likeness (QED) is 0.479. The van der Waals surface area contributed by atoms with Crippen LogP contribution in [-0.2, 0) is 6.42 Å². The van der Waals surface area contributed by atoms with Gasteiger partial charge in [-0.05, 0) is 31.9 Å². The van der Waals surface area contributed by atoms with Crippen molar-refractivity contribution < 1.29 is 4.42 Å². The highest BCUT2D eigenvalue weighted by atomic mass is 16.3. The van der Waals surface area contributed by atoms with Gasteiger partial charge in [-0.2, -0.15) is 0 Å². The first kappa shape index (κ1) is 16.8. The molecule has 0 spiro atoms. The number of benzene rings is 1. The van der Waals surface area contributed by atoms with Crippen LogP contribution in [0.25, 0.3) is 11.5 Å². The molecular formula is C20H29NO. The lowest BCUT2D eigenvalue weighted by Crippen LogP contribution is -1.87. The first-order valence-electron chi connectivity index (χ1n) is 8.81. The minimum atomic E-state index is 0.745. The second-order valence-electron chi connectivity index (χ2n) is 6.23. The van der Waals surface area contributed by atoms with Crippen LogP contribution >= 0.6 is 0 Å². The molecule has 0 unspecified atom stereocenters. The first-order valence-corrected chi connectivity index (χ1v) is 8.81. The molecular weight excluding hydrogens is 270 g/mol. The topological polar surface area (TPSA) is 26.0 Å². The molecule has 1 aromatic carbocycles. The van der Waals surface area contributed by atoms with E-state index < -0.39 is 0 Å². The first-order chi connectivity index (χ1) is 10.8. The summed E-state index contributed by atoms with van der Waals surface area (Å²) in [6, 6.07) is 8.33. The highest BCUT2D eigenvalue weighted by Crippen LogP contribution is 2.20. The molecule has 0 saturated heterocycles. The Morgan fingerprint density at radius 2 is 1.50 bits per heavy atom. The zero-order valence-corrected chi connectivity index (χ0v) is 14.1. The maximum Gasteiger partial charge on any atom is 0.226 e. The summed E-state index contributed by atoms with van der Waals surface area (Å²) < 4.78 is 5.60. The predicted octanol–water partition coefficient (Wildman–Crippen LogP) is 6.33. The average Bonchev–Trinajstić information content (AvgIpc) is 2.99. The smallest absolute Gasteiger partial charge is 0.226 e. The molecule has 2 rings (SSSR count). The van der Waals surface area contributed by atoms with Crippen molar-refractivity contribution in [3.63, 3.8) is 0 Å². The molecule has 2 nitrogen and oxygen atoms in total. The summed E-state index contributed by atoms with van der Waals surface area (Å²) in [7, 11) is 0. The SMILES string of the molecule is CCCCCCCCCCc1coc(-c2ccc(C)cc2)n1. The molecule has 0 aliphatic heterocycles. The van der Waals surface area contributed by atoms with Gasteiger partial charge in [0.15, 0.2) is 0 Å². The van der Waals surface area contributed by atoms with Crippen LogP contribution in [0.3, 0.4) is 0 Å². The van der Waals surface area contributed by atoms with Gasteiger partial charge in [0.1, 0.15) is 6.26 Å². The molecule has 0 aliphatic carbocycles. The maximum absolute atomic E-state index is 5.60. The zero-order valence-electron chi connectivity index (χ0n) is 14.1. The summed E-state index contributed by atoms with van der Waals surface area (Å²) in [5, 5.41) is 0. The van der Waals surface area contributed by atoms with E-state index in [0.29, 0.717) is 0 Å². The number of aromatic nitrogens is 1. The maximum atomic E-state index is 5.60. The Kier molecular flexibility index (Phi) is 7.21. The normalized spacial score (nSPS) is 11.0. The van der Waals surface area contributed by atoms with Gasteiger partial charge in [-0.3, -0.25) is 0 Å². The van der Waals surface area contributed by atoms with Crippen LogP contribution < -0.4 is 0 Å². The third kappa shape index (κ3) is 5.67. The Balaban J connectivity index is 1.66. The lowest BCUT2D eigenvalue weighted by Gasteiger charge is -2.00. The number of oxazole rings is 1. The van der Waals surface area contributed by atoms with Crippen LogP contribution in [0.15, 0.2) is 34.9 Å². The molecule has 0 atom stereocenters. The van der Waals surface area contributed by atoms with Crippen molar-refractivity contribution in [1.82, 2.24) is 4.98 Å². The minimum absolute atomic E-state index is 0.745. The van der Waals surface area contributed by atoms with E-state index in [9.17, 15) is 0 Å². The van der Waals surface area contributed by atoms with Gasteiger partial charge in [-0.25, -0.2) is 4.98 Å². The molecule has 120 valence electrons. The van der Waals surface area contributed by atoms with Gasteiger partial charge in [0.2, 0.25) is 5.89 Å².